The molecule has 5 heteroatoms. The van der Waals surface area contributed by atoms with E-state index in [0.29, 0.717) is 28.5 Å². The molecule has 0 N–H and O–H groups in total. The molecule has 0 aliphatic carbocycles. The van der Waals surface area contributed by atoms with Crippen molar-refractivity contribution < 1.29 is 9.59 Å². The lowest BCUT2D eigenvalue weighted by Gasteiger charge is -2.22. The highest BCUT2D eigenvalue weighted by Gasteiger charge is 2.44. The molecule has 148 valence electrons. The van der Waals surface area contributed by atoms with Crippen molar-refractivity contribution in [2.45, 2.75) is 13.3 Å². The number of nitrogens with zero attached hydrogens (tertiary/aromatic N) is 2. The molecular weight excluding hydrogens is 396 g/mol. The van der Waals surface area contributed by atoms with E-state index in [2.05, 4.69) is 6.07 Å². The summed E-state index contributed by atoms with van der Waals surface area (Å²) < 4.78 is 0. The number of hydrogen-bond donors (Lipinski definition) is 0. The number of hydrogen-bond acceptors (Lipinski definition) is 3. The molecule has 0 aromatic heterocycles. The highest BCUT2D eigenvalue weighted by molar-refractivity contribution is 6.46. The summed E-state index contributed by atoms with van der Waals surface area (Å²) >= 11 is 6.10. The Labute approximate surface area is 180 Å². The summed E-state index contributed by atoms with van der Waals surface area (Å²) in [5, 5.41) is 0.570. The van der Waals surface area contributed by atoms with Crippen molar-refractivity contribution in [2.24, 2.45) is 0 Å². The van der Waals surface area contributed by atoms with Crippen molar-refractivity contribution in [3.63, 3.8) is 0 Å². The van der Waals surface area contributed by atoms with E-state index in [0.717, 1.165) is 23.2 Å². The summed E-state index contributed by atoms with van der Waals surface area (Å²) in [4.78, 5) is 30.6. The van der Waals surface area contributed by atoms with E-state index in [-0.39, 0.29) is 11.8 Å². The van der Waals surface area contributed by atoms with E-state index in [1.54, 1.807) is 18.2 Å². The van der Waals surface area contributed by atoms with E-state index >= 15 is 0 Å². The minimum atomic E-state index is -0.309. The Balaban J connectivity index is 1.69. The number of carbonyl (C=O) groups excluding carboxylic acids is 2. The molecule has 3 aromatic carbocycles. The molecule has 3 aromatic rings. The van der Waals surface area contributed by atoms with Crippen LogP contribution in [0.2, 0.25) is 5.02 Å². The molecule has 2 heterocycles. The van der Waals surface area contributed by atoms with Crippen LogP contribution in [0, 0.1) is 6.92 Å². The molecule has 0 radical (unpaired) electrons. The smallest absolute Gasteiger partial charge is 0.282 e. The molecule has 0 fully saturated rings. The highest BCUT2D eigenvalue weighted by atomic mass is 35.5. The van der Waals surface area contributed by atoms with Gasteiger partial charge in [0.1, 0.15) is 5.70 Å². The number of rotatable bonds is 3. The fourth-order valence-corrected chi connectivity index (χ4v) is 4.52. The van der Waals surface area contributed by atoms with Gasteiger partial charge >= 0.3 is 0 Å². The van der Waals surface area contributed by atoms with E-state index in [1.165, 1.54) is 10.5 Å². The van der Waals surface area contributed by atoms with Gasteiger partial charge in [0.15, 0.2) is 0 Å². The first-order chi connectivity index (χ1) is 14.6. The summed E-state index contributed by atoms with van der Waals surface area (Å²) in [7, 11) is 0. The average molecular weight is 415 g/mol. The standard InChI is InChI=1S/C25H19ClN2O2/c1-16-15-19(26)11-12-20(16)28-24(29)22(18-8-3-2-4-9-18)23(25(28)30)27-14-13-17-7-5-6-10-21(17)27/h2-12,15H,13-14H2,1H3. The van der Waals surface area contributed by atoms with Gasteiger partial charge in [0.05, 0.1) is 11.3 Å². The molecule has 30 heavy (non-hydrogen) atoms. The lowest BCUT2D eigenvalue weighted by atomic mass is 10.0. The Bertz CT molecular complexity index is 1220. The predicted molar refractivity (Wildman–Crippen MR) is 120 cm³/mol. The van der Waals surface area contributed by atoms with Crippen LogP contribution >= 0.6 is 11.6 Å². The third-order valence-corrected chi connectivity index (χ3v) is 5.91. The summed E-state index contributed by atoms with van der Waals surface area (Å²) in [5.41, 5.74) is 5.11. The molecule has 0 unspecified atom stereocenters. The Hall–Kier alpha value is -3.37. The number of benzene rings is 3. The molecule has 0 bridgehead atoms. The fraction of sp³-hybridized carbons (Fsp3) is 0.120. The number of halogens is 1. The predicted octanol–water partition coefficient (Wildman–Crippen LogP) is 5.00. The number of aryl methyl sites for hydroxylation is 1. The van der Waals surface area contributed by atoms with Crippen molar-refractivity contribution in [1.82, 2.24) is 0 Å². The van der Waals surface area contributed by atoms with Gasteiger partial charge in [-0.1, -0.05) is 60.1 Å². The average Bonchev–Trinajstić information content (AvgIpc) is 3.27. The molecular formula is C25H19ClN2O2. The first-order valence-corrected chi connectivity index (χ1v) is 10.2. The van der Waals surface area contributed by atoms with E-state index in [4.69, 9.17) is 11.6 Å². The van der Waals surface area contributed by atoms with Crippen LogP contribution in [0.25, 0.3) is 5.57 Å². The van der Waals surface area contributed by atoms with Gasteiger partial charge in [-0.15, -0.1) is 0 Å². The first-order valence-electron chi connectivity index (χ1n) is 9.86. The zero-order chi connectivity index (χ0) is 20.8. The molecule has 0 atom stereocenters. The zero-order valence-electron chi connectivity index (χ0n) is 16.4. The van der Waals surface area contributed by atoms with Gasteiger partial charge in [-0.25, -0.2) is 4.90 Å². The van der Waals surface area contributed by atoms with Gasteiger partial charge in [0, 0.05) is 17.3 Å². The Morgan fingerprint density at radius 3 is 2.33 bits per heavy atom. The van der Waals surface area contributed by atoms with E-state index in [1.807, 2.05) is 60.4 Å². The van der Waals surface area contributed by atoms with Gasteiger partial charge in [0.25, 0.3) is 11.8 Å². The van der Waals surface area contributed by atoms with Crippen LogP contribution in [0.15, 0.2) is 78.5 Å². The minimum absolute atomic E-state index is 0.305. The molecule has 2 amide bonds. The maximum atomic E-state index is 13.7. The maximum Gasteiger partial charge on any atom is 0.282 e. The van der Waals surface area contributed by atoms with Crippen LogP contribution in [-0.4, -0.2) is 18.4 Å². The molecule has 2 aliphatic heterocycles. The van der Waals surface area contributed by atoms with Gasteiger partial charge in [-0.2, -0.15) is 0 Å². The maximum absolute atomic E-state index is 13.7. The van der Waals surface area contributed by atoms with Crippen LogP contribution < -0.4 is 9.80 Å². The second-order valence-electron chi connectivity index (χ2n) is 7.50. The lowest BCUT2D eigenvalue weighted by molar-refractivity contribution is -0.120. The molecule has 4 nitrogen and oxygen atoms in total. The van der Waals surface area contributed by atoms with Crippen LogP contribution in [0.5, 0.6) is 0 Å². The Morgan fingerprint density at radius 1 is 0.833 bits per heavy atom. The van der Waals surface area contributed by atoms with Crippen molar-refractivity contribution in [3.8, 4) is 0 Å². The number of amides is 2. The van der Waals surface area contributed by atoms with Crippen LogP contribution in [0.1, 0.15) is 16.7 Å². The molecule has 0 saturated carbocycles. The number of carbonyl (C=O) groups is 2. The Kier molecular flexibility index (Phi) is 4.44. The topological polar surface area (TPSA) is 40.6 Å². The second-order valence-corrected chi connectivity index (χ2v) is 7.93. The quantitative estimate of drug-likeness (QED) is 0.566. The lowest BCUT2D eigenvalue weighted by Crippen LogP contribution is -2.35. The number of imide groups is 1. The van der Waals surface area contributed by atoms with Gasteiger partial charge in [-0.05, 0) is 54.3 Å². The van der Waals surface area contributed by atoms with Crippen molar-refractivity contribution in [3.05, 3.63) is 100 Å². The van der Waals surface area contributed by atoms with Gasteiger partial charge in [-0.3, -0.25) is 9.59 Å². The number of fused-ring (bicyclic) bond motifs is 1. The molecule has 2 aliphatic rings. The summed E-state index contributed by atoms with van der Waals surface area (Å²) in [6.45, 7) is 2.52. The monoisotopic (exact) mass is 414 g/mol. The summed E-state index contributed by atoms with van der Waals surface area (Å²) in [6, 6.07) is 22.7. The normalized spacial score (nSPS) is 15.9. The minimum Gasteiger partial charge on any atom is -0.336 e. The van der Waals surface area contributed by atoms with Crippen LogP contribution in [-0.2, 0) is 16.0 Å². The third kappa shape index (κ3) is 2.84. The summed E-state index contributed by atoms with van der Waals surface area (Å²) in [6.07, 6.45) is 0.836. The fourth-order valence-electron chi connectivity index (χ4n) is 4.29. The molecule has 0 spiro atoms. The highest BCUT2D eigenvalue weighted by Crippen LogP contribution is 2.40. The van der Waals surface area contributed by atoms with Crippen LogP contribution in [0.3, 0.4) is 0 Å². The van der Waals surface area contributed by atoms with E-state index < -0.39 is 0 Å². The third-order valence-electron chi connectivity index (χ3n) is 5.68. The van der Waals surface area contributed by atoms with Crippen LogP contribution in [0.4, 0.5) is 11.4 Å². The zero-order valence-corrected chi connectivity index (χ0v) is 17.2. The molecule has 0 saturated heterocycles. The first kappa shape index (κ1) is 18.6. The van der Waals surface area contributed by atoms with Crippen molar-refractivity contribution in [2.75, 3.05) is 16.3 Å². The van der Waals surface area contributed by atoms with Gasteiger partial charge < -0.3 is 4.90 Å². The largest absolute Gasteiger partial charge is 0.336 e. The van der Waals surface area contributed by atoms with E-state index in [9.17, 15) is 9.59 Å². The molecule has 5 rings (SSSR count). The van der Waals surface area contributed by atoms with Gasteiger partial charge in [0.2, 0.25) is 0 Å². The second kappa shape index (κ2) is 7.15. The summed E-state index contributed by atoms with van der Waals surface area (Å²) in [5.74, 6) is -0.614. The SMILES string of the molecule is Cc1cc(Cl)ccc1N1C(=O)C(c2ccccc2)=C(N2CCc3ccccc32)C1=O. The number of anilines is 2. The number of para-hydroxylation sites is 1. The van der Waals surface area contributed by atoms with Crippen molar-refractivity contribution >= 4 is 40.4 Å². The van der Waals surface area contributed by atoms with Crippen molar-refractivity contribution in [1.29, 1.82) is 0 Å². The Morgan fingerprint density at radius 2 is 1.57 bits per heavy atom.